The molecule has 0 unspecified atom stereocenters. The highest BCUT2D eigenvalue weighted by Gasteiger charge is 2.17. The van der Waals surface area contributed by atoms with Crippen LogP contribution in [0.25, 0.3) is 0 Å². The van der Waals surface area contributed by atoms with Gasteiger partial charge in [-0.15, -0.1) is 0 Å². The van der Waals surface area contributed by atoms with Gasteiger partial charge in [0.2, 0.25) is 0 Å². The highest BCUT2D eigenvalue weighted by Crippen LogP contribution is 2.25. The summed E-state index contributed by atoms with van der Waals surface area (Å²) in [4.78, 5) is 12.2. The van der Waals surface area contributed by atoms with Crippen LogP contribution in [0.4, 0.5) is 0 Å². The average Bonchev–Trinajstić information content (AvgIpc) is 2.61. The molecule has 0 aliphatic carbocycles. The summed E-state index contributed by atoms with van der Waals surface area (Å²) in [6.45, 7) is 4.29. The van der Waals surface area contributed by atoms with Crippen molar-refractivity contribution in [1.82, 2.24) is 5.32 Å². The Balaban J connectivity index is 1.90. The van der Waals surface area contributed by atoms with E-state index in [1.807, 2.05) is 49.5 Å². The Kier molecular flexibility index (Phi) is 7.12. The van der Waals surface area contributed by atoms with E-state index in [9.17, 15) is 4.79 Å². The van der Waals surface area contributed by atoms with E-state index in [2.05, 4.69) is 5.32 Å². The predicted molar refractivity (Wildman–Crippen MR) is 101 cm³/mol. The van der Waals surface area contributed by atoms with Crippen molar-refractivity contribution in [1.29, 1.82) is 0 Å². The molecule has 0 spiro atoms. The summed E-state index contributed by atoms with van der Waals surface area (Å²) < 4.78 is 5.37. The van der Waals surface area contributed by atoms with E-state index in [-0.39, 0.29) is 18.0 Å². The van der Waals surface area contributed by atoms with Crippen LogP contribution in [0.2, 0.25) is 10.0 Å². The normalized spacial score (nSPS) is 13.2. The smallest absolute Gasteiger partial charge is 0.275 e. The van der Waals surface area contributed by atoms with E-state index < -0.39 is 0 Å². The summed E-state index contributed by atoms with van der Waals surface area (Å²) in [7, 11) is 1.65. The molecule has 6 heteroatoms. The van der Waals surface area contributed by atoms with Crippen LogP contribution >= 0.6 is 23.2 Å². The number of halogens is 2. The van der Waals surface area contributed by atoms with Gasteiger partial charge >= 0.3 is 0 Å². The lowest BCUT2D eigenvalue weighted by Gasteiger charge is -2.17. The molecule has 1 amide bonds. The van der Waals surface area contributed by atoms with Crippen molar-refractivity contribution in [2.45, 2.75) is 25.9 Å². The quantitative estimate of drug-likeness (QED) is 0.770. The Morgan fingerprint density at radius 1 is 1.16 bits per heavy atom. The molecule has 3 N–H and O–H groups in total. The van der Waals surface area contributed by atoms with Gasteiger partial charge in [0.15, 0.2) is 6.54 Å². The Bertz CT molecular complexity index is 737. The van der Waals surface area contributed by atoms with Crippen LogP contribution in [0.15, 0.2) is 42.5 Å². The summed E-state index contributed by atoms with van der Waals surface area (Å²) in [5, 5.41) is 5.94. The van der Waals surface area contributed by atoms with E-state index in [1.54, 1.807) is 19.2 Å². The van der Waals surface area contributed by atoms with Crippen molar-refractivity contribution in [2.24, 2.45) is 0 Å². The van der Waals surface area contributed by atoms with E-state index in [4.69, 9.17) is 27.9 Å². The minimum absolute atomic E-state index is 0.0414. The maximum atomic E-state index is 12.2. The number of carbonyl (C=O) groups is 1. The van der Waals surface area contributed by atoms with Gasteiger partial charge in [-0.1, -0.05) is 41.4 Å². The van der Waals surface area contributed by atoms with Crippen LogP contribution < -0.4 is 15.4 Å². The highest BCUT2D eigenvalue weighted by molar-refractivity contribution is 6.42. The lowest BCUT2D eigenvalue weighted by molar-refractivity contribution is -0.682. The maximum Gasteiger partial charge on any atom is 0.275 e. The van der Waals surface area contributed by atoms with Crippen LogP contribution in [-0.2, 0) is 4.79 Å². The number of carbonyl (C=O) groups excluding carboxylic acids is 1. The van der Waals surface area contributed by atoms with E-state index in [0.717, 1.165) is 16.9 Å². The van der Waals surface area contributed by atoms with Gasteiger partial charge in [0.1, 0.15) is 11.8 Å². The molecule has 0 aliphatic rings. The van der Waals surface area contributed by atoms with E-state index in [1.165, 1.54) is 0 Å². The highest BCUT2D eigenvalue weighted by atomic mass is 35.5. The van der Waals surface area contributed by atoms with Gasteiger partial charge in [0.25, 0.3) is 5.91 Å². The summed E-state index contributed by atoms with van der Waals surface area (Å²) in [6, 6.07) is 13.2. The number of nitrogens with two attached hydrogens (primary N) is 1. The van der Waals surface area contributed by atoms with Crippen molar-refractivity contribution in [2.75, 3.05) is 13.7 Å². The van der Waals surface area contributed by atoms with Crippen LogP contribution in [0.3, 0.4) is 0 Å². The molecule has 0 fully saturated rings. The molecule has 2 rings (SSSR count). The minimum atomic E-state index is -0.141. The number of hydrogen-bond donors (Lipinski definition) is 2. The molecule has 0 aliphatic heterocycles. The molecule has 0 bridgehead atoms. The second-order valence-electron chi connectivity index (χ2n) is 5.93. The van der Waals surface area contributed by atoms with Gasteiger partial charge < -0.3 is 15.4 Å². The number of para-hydroxylation sites is 1. The SMILES string of the molecule is COc1ccccc1[C@H](C)[NH2+]CC(=O)N[C@@H](C)c1ccc(Cl)c(Cl)c1. The van der Waals surface area contributed by atoms with E-state index in [0.29, 0.717) is 16.6 Å². The van der Waals surface area contributed by atoms with Crippen LogP contribution in [0, 0.1) is 0 Å². The lowest BCUT2D eigenvalue weighted by atomic mass is 10.1. The second kappa shape index (κ2) is 9.09. The Morgan fingerprint density at radius 2 is 1.88 bits per heavy atom. The van der Waals surface area contributed by atoms with Gasteiger partial charge in [-0.3, -0.25) is 4.79 Å². The molecule has 2 aromatic carbocycles. The largest absolute Gasteiger partial charge is 0.496 e. The Labute approximate surface area is 158 Å². The van der Waals surface area contributed by atoms with Crippen molar-refractivity contribution < 1.29 is 14.8 Å². The van der Waals surface area contributed by atoms with Gasteiger partial charge in [0.05, 0.1) is 28.8 Å². The number of hydrogen-bond acceptors (Lipinski definition) is 2. The van der Waals surface area contributed by atoms with Crippen LogP contribution in [0.5, 0.6) is 5.75 Å². The summed E-state index contributed by atoms with van der Waals surface area (Å²) in [6.07, 6.45) is 0. The molecule has 0 radical (unpaired) electrons. The van der Waals surface area contributed by atoms with Crippen molar-refractivity contribution >= 4 is 29.1 Å². The van der Waals surface area contributed by atoms with Gasteiger partial charge in [-0.2, -0.15) is 0 Å². The zero-order chi connectivity index (χ0) is 18.4. The zero-order valence-corrected chi connectivity index (χ0v) is 16.1. The molecule has 0 saturated heterocycles. The van der Waals surface area contributed by atoms with E-state index >= 15 is 0 Å². The first kappa shape index (κ1) is 19.6. The standard InChI is InChI=1S/C19H22Cl2N2O2/c1-12(14-8-9-16(20)17(21)10-14)23-19(24)11-22-13(2)15-6-4-5-7-18(15)25-3/h4-10,12-13,22H,11H2,1-3H3,(H,23,24)/p+1/t12-,13-/m0/s1. The third-order valence-corrected chi connectivity index (χ3v) is 4.85. The molecule has 4 nitrogen and oxygen atoms in total. The first-order chi connectivity index (χ1) is 11.9. The molecule has 134 valence electrons. The number of methoxy groups -OCH3 is 1. The zero-order valence-electron chi connectivity index (χ0n) is 14.6. The first-order valence-electron chi connectivity index (χ1n) is 8.13. The van der Waals surface area contributed by atoms with Gasteiger partial charge in [-0.25, -0.2) is 0 Å². The summed E-state index contributed by atoms with van der Waals surface area (Å²) >= 11 is 12.0. The summed E-state index contributed by atoms with van der Waals surface area (Å²) in [5.74, 6) is 0.788. The van der Waals surface area contributed by atoms with Crippen LogP contribution in [-0.4, -0.2) is 19.6 Å². The second-order valence-corrected chi connectivity index (χ2v) is 6.75. The predicted octanol–water partition coefficient (Wildman–Crippen LogP) is 3.50. The fourth-order valence-electron chi connectivity index (χ4n) is 2.62. The molecule has 2 atom stereocenters. The third kappa shape index (κ3) is 5.36. The first-order valence-corrected chi connectivity index (χ1v) is 8.88. The number of nitrogens with one attached hydrogen (secondary N) is 1. The lowest BCUT2D eigenvalue weighted by Crippen LogP contribution is -2.87. The van der Waals surface area contributed by atoms with Crippen molar-refractivity contribution in [3.05, 3.63) is 63.6 Å². The molecule has 2 aromatic rings. The Morgan fingerprint density at radius 3 is 2.56 bits per heavy atom. The fraction of sp³-hybridized carbons (Fsp3) is 0.316. The molecular formula is C19H23Cl2N2O2+. The number of ether oxygens (including phenoxy) is 1. The van der Waals surface area contributed by atoms with Crippen LogP contribution in [0.1, 0.15) is 37.1 Å². The fourth-order valence-corrected chi connectivity index (χ4v) is 2.93. The third-order valence-electron chi connectivity index (χ3n) is 4.11. The molecule has 25 heavy (non-hydrogen) atoms. The molecule has 0 aromatic heterocycles. The molecule has 0 saturated carbocycles. The number of quaternary nitrogens is 1. The monoisotopic (exact) mass is 381 g/mol. The van der Waals surface area contributed by atoms with Crippen molar-refractivity contribution in [3.63, 3.8) is 0 Å². The number of benzene rings is 2. The average molecular weight is 382 g/mol. The summed E-state index contributed by atoms with van der Waals surface area (Å²) in [5.41, 5.74) is 1.98. The van der Waals surface area contributed by atoms with Gasteiger partial charge in [-0.05, 0) is 43.7 Å². The number of amides is 1. The molecule has 0 heterocycles. The maximum absolute atomic E-state index is 12.2. The topological polar surface area (TPSA) is 54.9 Å². The van der Waals surface area contributed by atoms with Gasteiger partial charge in [0, 0.05) is 0 Å². The molecular weight excluding hydrogens is 359 g/mol. The Hall–Kier alpha value is -1.75. The van der Waals surface area contributed by atoms with Crippen molar-refractivity contribution in [3.8, 4) is 5.75 Å². The minimum Gasteiger partial charge on any atom is -0.496 e. The number of rotatable bonds is 7.